The van der Waals surface area contributed by atoms with Crippen LogP contribution in [0, 0.1) is 50.4 Å². The molecule has 0 spiro atoms. The molecule has 2 aromatic heterocycles. The second-order valence-electron chi connectivity index (χ2n) is 17.9. The first kappa shape index (κ1) is 42.0. The van der Waals surface area contributed by atoms with E-state index in [2.05, 4.69) is 146 Å². The lowest BCUT2D eigenvalue weighted by Crippen LogP contribution is -2.05. The number of nitriles is 2. The number of aromatic nitrogens is 2. The molecule has 11 rings (SSSR count). The summed E-state index contributed by atoms with van der Waals surface area (Å²) in [6.45, 7) is 8.43. The molecule has 0 amide bonds. The molecule has 0 aliphatic carbocycles. The number of para-hydroxylation sites is 2. The Kier molecular flexibility index (Phi) is 9.92. The van der Waals surface area contributed by atoms with E-state index in [1.807, 2.05) is 60.7 Å². The number of hydrogen-bond acceptors (Lipinski definition) is 2. The highest BCUT2D eigenvalue weighted by Crippen LogP contribution is 2.44. The lowest BCUT2D eigenvalue weighted by atomic mass is 9.93. The van der Waals surface area contributed by atoms with Crippen LogP contribution in [-0.2, 0) is 6.18 Å². The van der Waals surface area contributed by atoms with E-state index < -0.39 is 11.7 Å². The minimum atomic E-state index is -4.62. The molecule has 0 aliphatic heterocycles. The number of hydrogen-bond donors (Lipinski definition) is 0. The predicted molar refractivity (Wildman–Crippen MR) is 270 cm³/mol. The molecule has 0 saturated heterocycles. The minimum Gasteiger partial charge on any atom is -0.309 e. The van der Waals surface area contributed by atoms with Crippen molar-refractivity contribution in [3.8, 4) is 68.0 Å². The molecule has 326 valence electrons. The molecule has 0 N–H and O–H groups in total. The number of halogens is 3. The van der Waals surface area contributed by atoms with Gasteiger partial charge < -0.3 is 9.13 Å². The highest BCUT2D eigenvalue weighted by atomic mass is 19.4. The van der Waals surface area contributed by atoms with E-state index in [9.17, 15) is 23.7 Å². The zero-order valence-electron chi connectivity index (χ0n) is 37.7. The fourth-order valence-corrected chi connectivity index (χ4v) is 10.3. The average molecular weight is 887 g/mol. The van der Waals surface area contributed by atoms with Gasteiger partial charge in [-0.2, -0.15) is 23.7 Å². The fraction of sp³-hybridized carbons (Fsp3) is 0.0820. The molecule has 7 heteroatoms. The third-order valence-electron chi connectivity index (χ3n) is 13.1. The fourth-order valence-electron chi connectivity index (χ4n) is 10.3. The molecule has 9 aromatic carbocycles. The summed E-state index contributed by atoms with van der Waals surface area (Å²) in [5.74, 6) is 0. The summed E-state index contributed by atoms with van der Waals surface area (Å²) >= 11 is 0. The standard InChI is InChI=1S/C61H41F3N4/c1-36-23-37(2)26-44(25-36)41-15-21-58-53(31-41)49-9-5-7-11-55(49)67(58)57-20-13-40(34-65)29-52(57)51-18-14-43(48-19-17-47(61(62,63)64)30-46(48)35-66)33-60(51)68-56-12-8-6-10-50(56)54-32-42(16-22-59(54)68)45-27-38(3)24-39(4)28-45/h5-33H,1-4H3. The summed E-state index contributed by atoms with van der Waals surface area (Å²) in [5, 5.41) is 25.0. The second kappa shape index (κ2) is 16.0. The van der Waals surface area contributed by atoms with E-state index in [1.165, 1.54) is 28.3 Å². The van der Waals surface area contributed by atoms with Crippen LogP contribution in [0.15, 0.2) is 176 Å². The number of benzene rings is 9. The molecule has 0 bridgehead atoms. The zero-order chi connectivity index (χ0) is 47.0. The Hall–Kier alpha value is -8.65. The summed E-state index contributed by atoms with van der Waals surface area (Å²) in [4.78, 5) is 0. The molecule has 68 heavy (non-hydrogen) atoms. The van der Waals surface area contributed by atoms with Gasteiger partial charge in [0, 0.05) is 32.7 Å². The van der Waals surface area contributed by atoms with Gasteiger partial charge in [-0.3, -0.25) is 0 Å². The lowest BCUT2D eigenvalue weighted by Gasteiger charge is -2.20. The highest BCUT2D eigenvalue weighted by Gasteiger charge is 2.31. The topological polar surface area (TPSA) is 57.4 Å². The molecule has 0 aliphatic rings. The van der Waals surface area contributed by atoms with Gasteiger partial charge in [0.1, 0.15) is 0 Å². The van der Waals surface area contributed by atoms with E-state index >= 15 is 0 Å². The van der Waals surface area contributed by atoms with Crippen LogP contribution in [-0.4, -0.2) is 9.13 Å². The van der Waals surface area contributed by atoms with Gasteiger partial charge in [-0.15, -0.1) is 0 Å². The Balaban J connectivity index is 1.21. The Labute approximate surface area is 391 Å². The second-order valence-corrected chi connectivity index (χ2v) is 17.9. The summed E-state index contributed by atoms with van der Waals surface area (Å²) < 4.78 is 46.5. The maximum Gasteiger partial charge on any atom is 0.416 e. The first-order valence-corrected chi connectivity index (χ1v) is 22.4. The van der Waals surface area contributed by atoms with Gasteiger partial charge in [-0.1, -0.05) is 125 Å². The van der Waals surface area contributed by atoms with Crippen LogP contribution in [0.25, 0.3) is 99.5 Å². The van der Waals surface area contributed by atoms with Crippen LogP contribution in [0.5, 0.6) is 0 Å². The van der Waals surface area contributed by atoms with Gasteiger partial charge in [-0.25, -0.2) is 0 Å². The van der Waals surface area contributed by atoms with Crippen LogP contribution >= 0.6 is 0 Å². The third kappa shape index (κ3) is 7.08. The Morgan fingerprint density at radius 1 is 0.382 bits per heavy atom. The summed E-state index contributed by atoms with van der Waals surface area (Å²) in [7, 11) is 0. The van der Waals surface area contributed by atoms with E-state index in [1.54, 1.807) is 0 Å². The van der Waals surface area contributed by atoms with Crippen LogP contribution in [0.1, 0.15) is 38.9 Å². The molecule has 4 nitrogen and oxygen atoms in total. The van der Waals surface area contributed by atoms with Gasteiger partial charge in [0.25, 0.3) is 0 Å². The van der Waals surface area contributed by atoms with Crippen LogP contribution in [0.3, 0.4) is 0 Å². The molecule has 0 fully saturated rings. The van der Waals surface area contributed by atoms with Gasteiger partial charge in [-0.05, 0) is 134 Å². The summed E-state index contributed by atoms with van der Waals surface area (Å²) in [6, 6.07) is 62.1. The monoisotopic (exact) mass is 886 g/mol. The van der Waals surface area contributed by atoms with Gasteiger partial charge in [0.05, 0.1) is 62.3 Å². The van der Waals surface area contributed by atoms with Crippen molar-refractivity contribution in [3.63, 3.8) is 0 Å². The Morgan fingerprint density at radius 2 is 0.882 bits per heavy atom. The number of rotatable bonds is 6. The Morgan fingerprint density at radius 3 is 1.41 bits per heavy atom. The lowest BCUT2D eigenvalue weighted by molar-refractivity contribution is -0.137. The SMILES string of the molecule is Cc1cc(C)cc(-c2ccc3c(c2)c2ccccc2n3-c2ccc(C#N)cc2-c2ccc(-c3ccc(C(F)(F)F)cc3C#N)cc2-n2c3ccccc3c3cc(-c4cc(C)cc(C)c4)ccc32)c1. The molecule has 0 saturated carbocycles. The normalized spacial score (nSPS) is 11.7. The average Bonchev–Trinajstić information content (AvgIpc) is 3.84. The summed E-state index contributed by atoms with van der Waals surface area (Å²) in [5.41, 5.74) is 16.5. The Bertz CT molecular complexity index is 3940. The van der Waals surface area contributed by atoms with E-state index in [4.69, 9.17) is 0 Å². The molecular formula is C61H41F3N4. The third-order valence-corrected chi connectivity index (χ3v) is 13.1. The number of alkyl halides is 3. The van der Waals surface area contributed by atoms with Crippen LogP contribution < -0.4 is 0 Å². The largest absolute Gasteiger partial charge is 0.416 e. The smallest absolute Gasteiger partial charge is 0.309 e. The highest BCUT2D eigenvalue weighted by molar-refractivity contribution is 6.13. The quantitative estimate of drug-likeness (QED) is 0.167. The minimum absolute atomic E-state index is 0.0866. The first-order chi connectivity index (χ1) is 32.9. The first-order valence-electron chi connectivity index (χ1n) is 22.4. The van der Waals surface area contributed by atoms with Gasteiger partial charge in [0.2, 0.25) is 0 Å². The van der Waals surface area contributed by atoms with E-state index in [0.717, 1.165) is 100 Å². The van der Waals surface area contributed by atoms with Crippen molar-refractivity contribution in [3.05, 3.63) is 215 Å². The van der Waals surface area contributed by atoms with Crippen LogP contribution in [0.4, 0.5) is 13.2 Å². The van der Waals surface area contributed by atoms with Crippen molar-refractivity contribution in [2.75, 3.05) is 0 Å². The van der Waals surface area contributed by atoms with Crippen molar-refractivity contribution in [2.24, 2.45) is 0 Å². The molecule has 0 radical (unpaired) electrons. The van der Waals surface area contributed by atoms with E-state index in [0.29, 0.717) is 16.7 Å². The van der Waals surface area contributed by atoms with Gasteiger partial charge in [0.15, 0.2) is 0 Å². The van der Waals surface area contributed by atoms with Crippen LogP contribution in [0.2, 0.25) is 0 Å². The zero-order valence-corrected chi connectivity index (χ0v) is 37.7. The van der Waals surface area contributed by atoms with Crippen molar-refractivity contribution >= 4 is 43.6 Å². The van der Waals surface area contributed by atoms with Crippen molar-refractivity contribution in [1.29, 1.82) is 10.5 Å². The number of fused-ring (bicyclic) bond motifs is 6. The van der Waals surface area contributed by atoms with Crippen molar-refractivity contribution in [2.45, 2.75) is 33.9 Å². The van der Waals surface area contributed by atoms with Crippen molar-refractivity contribution in [1.82, 2.24) is 9.13 Å². The maximum absolute atomic E-state index is 14.0. The molecule has 0 unspecified atom stereocenters. The molecular weight excluding hydrogens is 846 g/mol. The summed E-state index contributed by atoms with van der Waals surface area (Å²) in [6.07, 6.45) is -4.62. The van der Waals surface area contributed by atoms with E-state index in [-0.39, 0.29) is 5.56 Å². The maximum atomic E-state index is 14.0. The van der Waals surface area contributed by atoms with Crippen molar-refractivity contribution < 1.29 is 13.2 Å². The van der Waals surface area contributed by atoms with Gasteiger partial charge >= 0.3 is 6.18 Å². The molecule has 0 atom stereocenters. The molecule has 2 heterocycles. The molecule has 11 aromatic rings. The number of nitrogens with zero attached hydrogens (tertiary/aromatic N) is 4. The predicted octanol–water partition coefficient (Wildman–Crippen LogP) is 16.5. The number of aryl methyl sites for hydroxylation is 4.